The molecule has 0 amide bonds. The molecule has 3 N–H and O–H groups in total. The van der Waals surface area contributed by atoms with Crippen LogP contribution in [0.15, 0.2) is 58.7 Å². The molecule has 0 aliphatic heterocycles. The van der Waals surface area contributed by atoms with Gasteiger partial charge in [0.05, 0.1) is 11.1 Å². The maximum Gasteiger partial charge on any atom is 0.270 e. The van der Waals surface area contributed by atoms with Gasteiger partial charge in [0.1, 0.15) is 5.75 Å². The zero-order valence-corrected chi connectivity index (χ0v) is 12.8. The van der Waals surface area contributed by atoms with Crippen LogP contribution in [0.25, 0.3) is 0 Å². The van der Waals surface area contributed by atoms with Crippen molar-refractivity contribution in [3.8, 4) is 5.75 Å². The predicted molar refractivity (Wildman–Crippen MR) is 91.7 cm³/mol. The van der Waals surface area contributed by atoms with Gasteiger partial charge >= 0.3 is 0 Å². The van der Waals surface area contributed by atoms with Gasteiger partial charge in [0.25, 0.3) is 5.69 Å². The summed E-state index contributed by atoms with van der Waals surface area (Å²) >= 11 is 1.32. The molecule has 2 aromatic carbocycles. The van der Waals surface area contributed by atoms with E-state index in [1.54, 1.807) is 0 Å². The molecule has 0 atom stereocenters. The van der Waals surface area contributed by atoms with Gasteiger partial charge < -0.3 is 10.8 Å². The van der Waals surface area contributed by atoms with Gasteiger partial charge in [0.15, 0.2) is 5.17 Å². The minimum absolute atomic E-state index is 0.120. The molecule has 8 heteroatoms. The fourth-order valence-electron chi connectivity index (χ4n) is 1.67. The van der Waals surface area contributed by atoms with E-state index in [4.69, 9.17) is 5.73 Å². The summed E-state index contributed by atoms with van der Waals surface area (Å²) in [6.07, 6.45) is 1.22. The second kappa shape index (κ2) is 7.95. The van der Waals surface area contributed by atoms with Crippen molar-refractivity contribution in [2.24, 2.45) is 15.9 Å². The zero-order chi connectivity index (χ0) is 16.7. The maximum atomic E-state index is 10.7. The third kappa shape index (κ3) is 5.11. The Bertz CT molecular complexity index is 748. The van der Waals surface area contributed by atoms with Crippen LogP contribution in [0, 0.1) is 10.1 Å². The van der Waals surface area contributed by atoms with Gasteiger partial charge in [-0.3, -0.25) is 10.1 Å². The van der Waals surface area contributed by atoms with E-state index >= 15 is 0 Å². The van der Waals surface area contributed by atoms with Crippen molar-refractivity contribution in [1.29, 1.82) is 0 Å². The Morgan fingerprint density at radius 2 is 2.04 bits per heavy atom. The Labute approximate surface area is 136 Å². The van der Waals surface area contributed by atoms with Crippen LogP contribution in [-0.4, -0.2) is 21.4 Å². The Morgan fingerprint density at radius 1 is 1.30 bits per heavy atom. The van der Waals surface area contributed by atoms with Gasteiger partial charge in [-0.25, -0.2) is 0 Å². The van der Waals surface area contributed by atoms with Crippen LogP contribution >= 0.6 is 11.8 Å². The van der Waals surface area contributed by atoms with Crippen molar-refractivity contribution in [3.63, 3.8) is 0 Å². The molecule has 118 valence electrons. The molecule has 0 saturated heterocycles. The second-order valence-electron chi connectivity index (χ2n) is 4.46. The largest absolute Gasteiger partial charge is 0.507 e. The van der Waals surface area contributed by atoms with E-state index in [1.807, 2.05) is 30.3 Å². The summed E-state index contributed by atoms with van der Waals surface area (Å²) in [4.78, 5) is 10.1. The SMILES string of the molecule is NC(=NN=Cc1cc([N+](=O)[O-])ccc1O)SCc1ccccc1. The van der Waals surface area contributed by atoms with Crippen molar-refractivity contribution < 1.29 is 10.0 Å². The van der Waals surface area contributed by atoms with Crippen LogP contribution in [0.4, 0.5) is 5.69 Å². The first kappa shape index (κ1) is 16.5. The highest BCUT2D eigenvalue weighted by molar-refractivity contribution is 8.13. The number of nitrogens with zero attached hydrogens (tertiary/aromatic N) is 3. The summed E-state index contributed by atoms with van der Waals surface area (Å²) in [5, 5.41) is 28.1. The number of hydrogen-bond donors (Lipinski definition) is 2. The van der Waals surface area contributed by atoms with Gasteiger partial charge in [-0.1, -0.05) is 42.1 Å². The van der Waals surface area contributed by atoms with Crippen LogP contribution in [0.5, 0.6) is 5.75 Å². The number of aromatic hydroxyl groups is 1. The van der Waals surface area contributed by atoms with E-state index in [0.717, 1.165) is 5.56 Å². The number of non-ortho nitro benzene ring substituents is 1. The van der Waals surface area contributed by atoms with Crippen molar-refractivity contribution in [2.45, 2.75) is 5.75 Å². The first-order valence-electron chi connectivity index (χ1n) is 6.57. The summed E-state index contributed by atoms with van der Waals surface area (Å²) < 4.78 is 0. The lowest BCUT2D eigenvalue weighted by molar-refractivity contribution is -0.384. The Hall–Kier alpha value is -2.87. The van der Waals surface area contributed by atoms with Gasteiger partial charge in [0, 0.05) is 23.4 Å². The topological polar surface area (TPSA) is 114 Å². The number of thioether (sulfide) groups is 1. The molecule has 0 heterocycles. The van der Waals surface area contributed by atoms with E-state index < -0.39 is 4.92 Å². The smallest absolute Gasteiger partial charge is 0.270 e. The normalized spacial score (nSPS) is 11.7. The van der Waals surface area contributed by atoms with Crippen LogP contribution in [0.2, 0.25) is 0 Å². The third-order valence-corrected chi connectivity index (χ3v) is 3.66. The molecule has 0 unspecified atom stereocenters. The quantitative estimate of drug-likeness (QED) is 0.378. The summed E-state index contributed by atoms with van der Waals surface area (Å²) in [7, 11) is 0. The van der Waals surface area contributed by atoms with Crippen LogP contribution < -0.4 is 5.73 Å². The fourth-order valence-corrected chi connectivity index (χ4v) is 2.28. The number of amidine groups is 1. The van der Waals surface area contributed by atoms with E-state index in [9.17, 15) is 15.2 Å². The molecule has 0 fully saturated rings. The highest BCUT2D eigenvalue weighted by Crippen LogP contribution is 2.21. The van der Waals surface area contributed by atoms with Gasteiger partial charge in [-0.05, 0) is 11.6 Å². The minimum Gasteiger partial charge on any atom is -0.507 e. The molecular formula is C15H14N4O3S. The minimum atomic E-state index is -0.551. The summed E-state index contributed by atoms with van der Waals surface area (Å²) in [6, 6.07) is 13.4. The first-order valence-corrected chi connectivity index (χ1v) is 7.55. The molecule has 0 aliphatic carbocycles. The molecule has 2 rings (SSSR count). The van der Waals surface area contributed by atoms with Crippen molar-refractivity contribution >= 4 is 28.8 Å². The van der Waals surface area contributed by atoms with Gasteiger partial charge in [-0.15, -0.1) is 5.10 Å². The molecule has 7 nitrogen and oxygen atoms in total. The monoisotopic (exact) mass is 330 g/mol. The lowest BCUT2D eigenvalue weighted by Crippen LogP contribution is -2.06. The molecular weight excluding hydrogens is 316 g/mol. The molecule has 0 saturated carbocycles. The second-order valence-corrected chi connectivity index (χ2v) is 5.45. The van der Waals surface area contributed by atoms with Crippen LogP contribution in [0.1, 0.15) is 11.1 Å². The zero-order valence-electron chi connectivity index (χ0n) is 12.0. The molecule has 0 spiro atoms. The average molecular weight is 330 g/mol. The van der Waals surface area contributed by atoms with Crippen molar-refractivity contribution in [2.75, 3.05) is 0 Å². The fraction of sp³-hybridized carbons (Fsp3) is 0.0667. The predicted octanol–water partition coefficient (Wildman–Crippen LogP) is 2.88. The summed E-state index contributed by atoms with van der Waals surface area (Å²) in [5.74, 6) is 0.540. The molecule has 0 aromatic heterocycles. The molecule has 2 aromatic rings. The lowest BCUT2D eigenvalue weighted by atomic mass is 10.2. The lowest BCUT2D eigenvalue weighted by Gasteiger charge is -1.99. The maximum absolute atomic E-state index is 10.7. The van der Waals surface area contributed by atoms with E-state index in [0.29, 0.717) is 5.75 Å². The Balaban J connectivity index is 1.99. The van der Waals surface area contributed by atoms with E-state index in [2.05, 4.69) is 10.2 Å². The summed E-state index contributed by atoms with van der Waals surface area (Å²) in [5.41, 5.74) is 6.90. The van der Waals surface area contributed by atoms with Gasteiger partial charge in [-0.2, -0.15) is 5.10 Å². The number of hydrogen-bond acceptors (Lipinski definition) is 6. The number of nitro benzene ring substituents is 1. The molecule has 0 radical (unpaired) electrons. The third-order valence-electron chi connectivity index (χ3n) is 2.80. The van der Waals surface area contributed by atoms with Crippen molar-refractivity contribution in [3.05, 3.63) is 69.8 Å². The van der Waals surface area contributed by atoms with E-state index in [1.165, 1.54) is 36.2 Å². The van der Waals surface area contributed by atoms with E-state index in [-0.39, 0.29) is 22.2 Å². The highest BCUT2D eigenvalue weighted by atomic mass is 32.2. The van der Waals surface area contributed by atoms with Gasteiger partial charge in [0.2, 0.25) is 0 Å². The number of nitro groups is 1. The highest BCUT2D eigenvalue weighted by Gasteiger charge is 2.08. The van der Waals surface area contributed by atoms with Crippen molar-refractivity contribution in [1.82, 2.24) is 0 Å². The number of benzene rings is 2. The number of phenols is 1. The van der Waals surface area contributed by atoms with Crippen LogP contribution in [0.3, 0.4) is 0 Å². The summed E-state index contributed by atoms with van der Waals surface area (Å²) in [6.45, 7) is 0. The average Bonchev–Trinajstić information content (AvgIpc) is 2.55. The molecule has 23 heavy (non-hydrogen) atoms. The number of nitrogens with two attached hydrogens (primary N) is 1. The Kier molecular flexibility index (Phi) is 5.70. The molecule has 0 bridgehead atoms. The van der Waals surface area contributed by atoms with Crippen LogP contribution in [-0.2, 0) is 5.75 Å². The first-order chi connectivity index (χ1) is 11.1. The number of rotatable bonds is 5. The molecule has 0 aliphatic rings. The Morgan fingerprint density at radius 3 is 2.74 bits per heavy atom. The standard InChI is InChI=1S/C15H14N4O3S/c16-15(23-10-11-4-2-1-3-5-11)18-17-9-12-8-13(19(21)22)6-7-14(12)20/h1-9,20H,10H2,(H2,16,18). The number of phenolic OH excluding ortho intramolecular Hbond substituents is 1.